The molecule has 3 rings (SSSR count). The summed E-state index contributed by atoms with van der Waals surface area (Å²) in [6, 6.07) is 12.5. The van der Waals surface area contributed by atoms with Gasteiger partial charge in [-0.15, -0.1) is 0 Å². The summed E-state index contributed by atoms with van der Waals surface area (Å²) >= 11 is 1.51. The van der Waals surface area contributed by atoms with E-state index in [1.54, 1.807) is 0 Å². The van der Waals surface area contributed by atoms with Gasteiger partial charge in [0, 0.05) is 36.5 Å². The van der Waals surface area contributed by atoms with Crippen molar-refractivity contribution in [3.63, 3.8) is 0 Å². The van der Waals surface area contributed by atoms with Crippen LogP contribution in [0.2, 0.25) is 0 Å². The molecule has 1 aliphatic rings. The minimum atomic E-state index is -0.0585. The molecular formula is C20H24N2O2S. The number of hydrogen-bond donors (Lipinski definition) is 1. The summed E-state index contributed by atoms with van der Waals surface area (Å²) in [4.78, 5) is 26.4. The van der Waals surface area contributed by atoms with E-state index in [0.717, 1.165) is 25.8 Å². The highest BCUT2D eigenvalue weighted by atomic mass is 32.1. The number of rotatable bonds is 7. The van der Waals surface area contributed by atoms with Crippen LogP contribution in [0.25, 0.3) is 0 Å². The largest absolute Gasteiger partial charge is 0.352 e. The molecule has 1 saturated heterocycles. The van der Waals surface area contributed by atoms with Crippen LogP contribution in [0.5, 0.6) is 0 Å². The van der Waals surface area contributed by atoms with E-state index in [9.17, 15) is 9.59 Å². The third kappa shape index (κ3) is 4.92. The predicted molar refractivity (Wildman–Crippen MR) is 101 cm³/mol. The van der Waals surface area contributed by atoms with Crippen molar-refractivity contribution in [3.05, 3.63) is 58.3 Å². The Morgan fingerprint density at radius 3 is 2.80 bits per heavy atom. The average Bonchev–Trinajstić information content (AvgIpc) is 3.31. The third-order valence-corrected chi connectivity index (χ3v) is 5.33. The Hall–Kier alpha value is -2.14. The van der Waals surface area contributed by atoms with Crippen LogP contribution in [-0.4, -0.2) is 35.8 Å². The van der Waals surface area contributed by atoms with Gasteiger partial charge >= 0.3 is 0 Å². The SMILES string of the molecule is O=C(NCCCC(=O)N1CCCC1Cc1ccccc1)c1ccsc1. The van der Waals surface area contributed by atoms with Crippen molar-refractivity contribution in [2.24, 2.45) is 0 Å². The average molecular weight is 356 g/mol. The highest BCUT2D eigenvalue weighted by Gasteiger charge is 2.28. The van der Waals surface area contributed by atoms with Crippen LogP contribution in [0.1, 0.15) is 41.6 Å². The van der Waals surface area contributed by atoms with Gasteiger partial charge in [0.15, 0.2) is 0 Å². The second-order valence-corrected chi connectivity index (χ2v) is 7.22. The van der Waals surface area contributed by atoms with Gasteiger partial charge < -0.3 is 10.2 Å². The van der Waals surface area contributed by atoms with Crippen LogP contribution in [0.15, 0.2) is 47.2 Å². The normalized spacial score (nSPS) is 16.8. The van der Waals surface area contributed by atoms with Gasteiger partial charge in [0.1, 0.15) is 0 Å². The lowest BCUT2D eigenvalue weighted by atomic mass is 10.0. The summed E-state index contributed by atoms with van der Waals surface area (Å²) in [7, 11) is 0. The molecule has 1 atom stereocenters. The Morgan fingerprint density at radius 1 is 1.20 bits per heavy atom. The number of thiophene rings is 1. The van der Waals surface area contributed by atoms with E-state index in [-0.39, 0.29) is 11.8 Å². The summed E-state index contributed by atoms with van der Waals surface area (Å²) in [5, 5.41) is 6.60. The first-order chi connectivity index (χ1) is 12.2. The van der Waals surface area contributed by atoms with Gasteiger partial charge in [-0.25, -0.2) is 0 Å². The van der Waals surface area contributed by atoms with Crippen molar-refractivity contribution in [2.75, 3.05) is 13.1 Å². The number of nitrogens with zero attached hydrogens (tertiary/aromatic N) is 1. The molecule has 1 fully saturated rings. The summed E-state index contributed by atoms with van der Waals surface area (Å²) in [6.45, 7) is 1.40. The molecule has 132 valence electrons. The number of carbonyl (C=O) groups is 2. The molecule has 2 aromatic rings. The number of nitrogens with one attached hydrogen (secondary N) is 1. The Balaban J connectivity index is 1.42. The lowest BCUT2D eigenvalue weighted by Crippen LogP contribution is -2.37. The second kappa shape index (κ2) is 8.81. The van der Waals surface area contributed by atoms with E-state index in [2.05, 4.69) is 17.4 Å². The van der Waals surface area contributed by atoms with Crippen molar-refractivity contribution in [1.29, 1.82) is 0 Å². The zero-order valence-corrected chi connectivity index (χ0v) is 15.1. The van der Waals surface area contributed by atoms with Crippen LogP contribution in [0, 0.1) is 0 Å². The van der Waals surface area contributed by atoms with E-state index in [1.165, 1.54) is 16.9 Å². The van der Waals surface area contributed by atoms with Gasteiger partial charge in [0.25, 0.3) is 5.91 Å². The predicted octanol–water partition coefficient (Wildman–Crippen LogP) is 3.49. The van der Waals surface area contributed by atoms with Gasteiger partial charge in [-0.05, 0) is 42.7 Å². The first-order valence-electron chi connectivity index (χ1n) is 8.88. The molecule has 0 bridgehead atoms. The second-order valence-electron chi connectivity index (χ2n) is 6.44. The van der Waals surface area contributed by atoms with E-state index in [0.29, 0.717) is 31.0 Å². The zero-order chi connectivity index (χ0) is 17.5. The number of likely N-dealkylation sites (tertiary alicyclic amines) is 1. The summed E-state index contributed by atoms with van der Waals surface area (Å²) < 4.78 is 0. The first kappa shape index (κ1) is 17.7. The van der Waals surface area contributed by atoms with Gasteiger partial charge in [0.05, 0.1) is 0 Å². The molecule has 25 heavy (non-hydrogen) atoms. The quantitative estimate of drug-likeness (QED) is 0.772. The van der Waals surface area contributed by atoms with E-state index in [1.807, 2.05) is 39.9 Å². The fourth-order valence-corrected chi connectivity index (χ4v) is 3.98. The molecule has 4 nitrogen and oxygen atoms in total. The maximum absolute atomic E-state index is 12.5. The Kier molecular flexibility index (Phi) is 6.23. The number of carbonyl (C=O) groups excluding carboxylic acids is 2. The molecule has 2 heterocycles. The Labute approximate surface area is 152 Å². The maximum atomic E-state index is 12.5. The first-order valence-corrected chi connectivity index (χ1v) is 9.82. The molecule has 1 aliphatic heterocycles. The topological polar surface area (TPSA) is 49.4 Å². The van der Waals surface area contributed by atoms with Crippen LogP contribution in [0.3, 0.4) is 0 Å². The number of benzene rings is 1. The molecule has 5 heteroatoms. The van der Waals surface area contributed by atoms with Crippen LogP contribution >= 0.6 is 11.3 Å². The molecule has 2 amide bonds. The summed E-state index contributed by atoms with van der Waals surface area (Å²) in [6.07, 6.45) is 4.27. The fraction of sp³-hybridized carbons (Fsp3) is 0.400. The van der Waals surface area contributed by atoms with E-state index >= 15 is 0 Å². The molecule has 0 aliphatic carbocycles. The maximum Gasteiger partial charge on any atom is 0.252 e. The van der Waals surface area contributed by atoms with Crippen molar-refractivity contribution < 1.29 is 9.59 Å². The highest BCUT2D eigenvalue weighted by Crippen LogP contribution is 2.22. The highest BCUT2D eigenvalue weighted by molar-refractivity contribution is 7.08. The molecule has 1 aromatic carbocycles. The molecule has 0 radical (unpaired) electrons. The zero-order valence-electron chi connectivity index (χ0n) is 14.3. The van der Waals surface area contributed by atoms with E-state index in [4.69, 9.17) is 0 Å². The molecule has 0 spiro atoms. The lowest BCUT2D eigenvalue weighted by Gasteiger charge is -2.25. The van der Waals surface area contributed by atoms with Crippen LogP contribution < -0.4 is 5.32 Å². The summed E-state index contributed by atoms with van der Waals surface area (Å²) in [5.41, 5.74) is 1.98. The van der Waals surface area contributed by atoms with Crippen LogP contribution in [-0.2, 0) is 11.2 Å². The molecule has 1 aromatic heterocycles. The minimum absolute atomic E-state index is 0.0585. The summed E-state index contributed by atoms with van der Waals surface area (Å²) in [5.74, 6) is 0.153. The van der Waals surface area contributed by atoms with Crippen molar-refractivity contribution in [2.45, 2.75) is 38.1 Å². The minimum Gasteiger partial charge on any atom is -0.352 e. The van der Waals surface area contributed by atoms with Gasteiger partial charge in [-0.3, -0.25) is 9.59 Å². The van der Waals surface area contributed by atoms with E-state index < -0.39 is 0 Å². The van der Waals surface area contributed by atoms with Crippen molar-refractivity contribution in [1.82, 2.24) is 10.2 Å². The Morgan fingerprint density at radius 2 is 2.04 bits per heavy atom. The van der Waals surface area contributed by atoms with Gasteiger partial charge in [-0.2, -0.15) is 11.3 Å². The lowest BCUT2D eigenvalue weighted by molar-refractivity contribution is -0.132. The third-order valence-electron chi connectivity index (χ3n) is 4.65. The van der Waals surface area contributed by atoms with Gasteiger partial charge in [0.2, 0.25) is 5.91 Å². The number of hydrogen-bond acceptors (Lipinski definition) is 3. The van der Waals surface area contributed by atoms with Crippen LogP contribution in [0.4, 0.5) is 0 Å². The number of amides is 2. The smallest absolute Gasteiger partial charge is 0.252 e. The van der Waals surface area contributed by atoms with Gasteiger partial charge in [-0.1, -0.05) is 30.3 Å². The molecule has 0 saturated carbocycles. The van der Waals surface area contributed by atoms with Crippen molar-refractivity contribution >= 4 is 23.2 Å². The fourth-order valence-electron chi connectivity index (χ4n) is 3.34. The standard InChI is InChI=1S/C20H24N2O2S/c23-19(9-4-11-21-20(24)17-10-13-25-15-17)22-12-5-8-18(22)14-16-6-2-1-3-7-16/h1-3,6-7,10,13,15,18H,4-5,8-9,11-12,14H2,(H,21,24). The Bertz CT molecular complexity index is 685. The van der Waals surface area contributed by atoms with Crippen molar-refractivity contribution in [3.8, 4) is 0 Å². The molecule has 1 unspecified atom stereocenters. The monoisotopic (exact) mass is 356 g/mol. The molecular weight excluding hydrogens is 332 g/mol. The molecule has 1 N–H and O–H groups in total.